The molecule has 1 heterocycles. The van der Waals surface area contributed by atoms with Gasteiger partial charge in [-0.2, -0.15) is 5.10 Å². The van der Waals surface area contributed by atoms with Crippen LogP contribution in [0.2, 0.25) is 0 Å². The topological polar surface area (TPSA) is 130 Å². The van der Waals surface area contributed by atoms with Gasteiger partial charge in [0.2, 0.25) is 0 Å². The first-order valence-corrected chi connectivity index (χ1v) is 7.13. The second-order valence-electron chi connectivity index (χ2n) is 4.68. The predicted molar refractivity (Wildman–Crippen MR) is 85.9 cm³/mol. The van der Waals surface area contributed by atoms with Crippen molar-refractivity contribution in [2.24, 2.45) is 5.10 Å². The Morgan fingerprint density at radius 2 is 1.96 bits per heavy atom. The summed E-state index contributed by atoms with van der Waals surface area (Å²) in [4.78, 5) is 33.8. The van der Waals surface area contributed by atoms with Crippen LogP contribution >= 0.6 is 0 Å². The van der Waals surface area contributed by atoms with Crippen molar-refractivity contribution >= 4 is 24.0 Å². The van der Waals surface area contributed by atoms with Crippen molar-refractivity contribution in [2.75, 3.05) is 6.61 Å². The fourth-order valence-electron chi connectivity index (χ4n) is 1.73. The van der Waals surface area contributed by atoms with Crippen LogP contribution in [0.4, 0.5) is 0 Å². The molecule has 25 heavy (non-hydrogen) atoms. The first-order valence-electron chi connectivity index (χ1n) is 7.13. The van der Waals surface area contributed by atoms with Crippen LogP contribution in [0.15, 0.2) is 52.2 Å². The molecular formula is C16H15N3O6. The lowest BCUT2D eigenvalue weighted by Gasteiger charge is -2.06. The highest BCUT2D eigenvalue weighted by molar-refractivity contribution is 6.35. The minimum atomic E-state index is -1.12. The highest BCUT2D eigenvalue weighted by Gasteiger charge is 2.12. The number of amides is 2. The maximum Gasteiger partial charge on any atom is 0.341 e. The van der Waals surface area contributed by atoms with Gasteiger partial charge in [0.25, 0.3) is 0 Å². The average Bonchev–Trinajstić information content (AvgIpc) is 3.12. The van der Waals surface area contributed by atoms with E-state index in [9.17, 15) is 14.4 Å². The second kappa shape index (κ2) is 8.87. The van der Waals surface area contributed by atoms with Gasteiger partial charge in [-0.15, -0.1) is 0 Å². The van der Waals surface area contributed by atoms with E-state index in [0.29, 0.717) is 11.3 Å². The van der Waals surface area contributed by atoms with E-state index in [1.807, 2.05) is 0 Å². The smallest absolute Gasteiger partial charge is 0.341 e. The highest BCUT2D eigenvalue weighted by atomic mass is 16.5. The number of carboxylic acids is 1. The van der Waals surface area contributed by atoms with E-state index in [-0.39, 0.29) is 12.3 Å². The van der Waals surface area contributed by atoms with Crippen LogP contribution in [-0.2, 0) is 20.9 Å². The van der Waals surface area contributed by atoms with E-state index < -0.39 is 24.4 Å². The number of hydrazone groups is 1. The number of para-hydroxylation sites is 1. The van der Waals surface area contributed by atoms with Crippen LogP contribution in [0.3, 0.4) is 0 Å². The van der Waals surface area contributed by atoms with Crippen molar-refractivity contribution in [1.82, 2.24) is 10.7 Å². The van der Waals surface area contributed by atoms with Crippen LogP contribution in [0.1, 0.15) is 11.3 Å². The molecule has 9 nitrogen and oxygen atoms in total. The molecule has 1 aromatic carbocycles. The summed E-state index contributed by atoms with van der Waals surface area (Å²) in [6, 6.07) is 9.84. The summed E-state index contributed by atoms with van der Waals surface area (Å²) < 4.78 is 10.1. The van der Waals surface area contributed by atoms with Crippen LogP contribution in [0, 0.1) is 0 Å². The molecule has 0 aliphatic carbocycles. The maximum absolute atomic E-state index is 11.6. The monoisotopic (exact) mass is 345 g/mol. The average molecular weight is 345 g/mol. The maximum atomic E-state index is 11.6. The number of carboxylic acid groups (broad SMARTS) is 1. The minimum absolute atomic E-state index is 0.0782. The molecule has 1 aromatic heterocycles. The van der Waals surface area contributed by atoms with Crippen molar-refractivity contribution in [1.29, 1.82) is 0 Å². The van der Waals surface area contributed by atoms with Gasteiger partial charge in [0, 0.05) is 5.56 Å². The van der Waals surface area contributed by atoms with Crippen molar-refractivity contribution in [3.05, 3.63) is 54.0 Å². The first kappa shape index (κ1) is 17.7. The number of aliphatic carboxylic acids is 1. The van der Waals surface area contributed by atoms with Crippen LogP contribution in [-0.4, -0.2) is 35.7 Å². The van der Waals surface area contributed by atoms with E-state index in [1.165, 1.54) is 12.5 Å². The molecule has 9 heteroatoms. The SMILES string of the molecule is O=C(O)COc1ccccc1/C=N\NC(=O)C(=O)NCc1ccco1. The molecule has 0 radical (unpaired) electrons. The number of hydrogen-bond donors (Lipinski definition) is 3. The van der Waals surface area contributed by atoms with Crippen molar-refractivity contribution in [3.8, 4) is 5.75 Å². The molecule has 3 N–H and O–H groups in total. The number of carbonyl (C=O) groups excluding carboxylic acids is 2. The Labute approximate surface area is 142 Å². The van der Waals surface area contributed by atoms with Crippen LogP contribution in [0.25, 0.3) is 0 Å². The van der Waals surface area contributed by atoms with Gasteiger partial charge in [0.15, 0.2) is 6.61 Å². The number of carbonyl (C=O) groups is 3. The van der Waals surface area contributed by atoms with Gasteiger partial charge in [0.1, 0.15) is 11.5 Å². The van der Waals surface area contributed by atoms with Gasteiger partial charge in [0.05, 0.1) is 19.0 Å². The second-order valence-corrected chi connectivity index (χ2v) is 4.68. The van der Waals surface area contributed by atoms with E-state index in [1.54, 1.807) is 36.4 Å². The lowest BCUT2D eigenvalue weighted by atomic mass is 10.2. The molecule has 2 aromatic rings. The normalized spacial score (nSPS) is 10.4. The molecule has 0 aliphatic rings. The number of benzene rings is 1. The molecule has 2 amide bonds. The van der Waals surface area contributed by atoms with Gasteiger partial charge < -0.3 is 19.6 Å². The van der Waals surface area contributed by atoms with Gasteiger partial charge in [-0.3, -0.25) is 9.59 Å². The van der Waals surface area contributed by atoms with E-state index in [0.717, 1.165) is 0 Å². The first-order chi connectivity index (χ1) is 12.1. The largest absolute Gasteiger partial charge is 0.481 e. The number of hydrogen-bond acceptors (Lipinski definition) is 6. The zero-order valence-electron chi connectivity index (χ0n) is 13.0. The molecule has 0 saturated heterocycles. The summed E-state index contributed by atoms with van der Waals surface area (Å²) in [6.45, 7) is -0.429. The van der Waals surface area contributed by atoms with Gasteiger partial charge >= 0.3 is 17.8 Å². The summed E-state index contributed by atoms with van der Waals surface area (Å²) >= 11 is 0. The molecule has 0 atom stereocenters. The van der Waals surface area contributed by atoms with Gasteiger partial charge in [-0.25, -0.2) is 10.2 Å². The molecule has 0 unspecified atom stereocenters. The molecule has 0 aliphatic heterocycles. The lowest BCUT2D eigenvalue weighted by Crippen LogP contribution is -2.37. The zero-order valence-corrected chi connectivity index (χ0v) is 13.0. The lowest BCUT2D eigenvalue weighted by molar-refractivity contribution is -0.139. The van der Waals surface area contributed by atoms with E-state index in [4.69, 9.17) is 14.3 Å². The molecule has 130 valence electrons. The third-order valence-electron chi connectivity index (χ3n) is 2.85. The highest BCUT2D eigenvalue weighted by Crippen LogP contribution is 2.15. The zero-order chi connectivity index (χ0) is 18.1. The minimum Gasteiger partial charge on any atom is -0.481 e. The summed E-state index contributed by atoms with van der Waals surface area (Å²) in [5.74, 6) is -2.15. The summed E-state index contributed by atoms with van der Waals surface area (Å²) in [5.41, 5.74) is 2.51. The Morgan fingerprint density at radius 3 is 2.68 bits per heavy atom. The van der Waals surface area contributed by atoms with Crippen LogP contribution < -0.4 is 15.5 Å². The summed E-state index contributed by atoms with van der Waals surface area (Å²) in [5, 5.41) is 14.7. The fraction of sp³-hybridized carbons (Fsp3) is 0.125. The predicted octanol–water partition coefficient (Wildman–Crippen LogP) is 0.510. The number of furan rings is 1. The number of ether oxygens (including phenoxy) is 1. The quantitative estimate of drug-likeness (QED) is 0.381. The Hall–Kier alpha value is -3.62. The third kappa shape index (κ3) is 5.82. The molecular weight excluding hydrogens is 330 g/mol. The molecule has 0 saturated carbocycles. The van der Waals surface area contributed by atoms with E-state index >= 15 is 0 Å². The molecule has 2 rings (SSSR count). The number of nitrogens with zero attached hydrogens (tertiary/aromatic N) is 1. The van der Waals surface area contributed by atoms with Gasteiger partial charge in [-0.05, 0) is 24.3 Å². The summed E-state index contributed by atoms with van der Waals surface area (Å²) in [7, 11) is 0. The Kier molecular flexibility index (Phi) is 6.29. The van der Waals surface area contributed by atoms with Crippen molar-refractivity contribution < 1.29 is 28.6 Å². The Morgan fingerprint density at radius 1 is 1.16 bits per heavy atom. The third-order valence-corrected chi connectivity index (χ3v) is 2.85. The molecule has 0 fully saturated rings. The number of nitrogens with one attached hydrogen (secondary N) is 2. The Balaban J connectivity index is 1.86. The Bertz CT molecular complexity index is 770. The van der Waals surface area contributed by atoms with Crippen molar-refractivity contribution in [2.45, 2.75) is 6.54 Å². The molecule has 0 bridgehead atoms. The van der Waals surface area contributed by atoms with Crippen LogP contribution in [0.5, 0.6) is 5.75 Å². The van der Waals surface area contributed by atoms with E-state index in [2.05, 4.69) is 15.8 Å². The van der Waals surface area contributed by atoms with Gasteiger partial charge in [-0.1, -0.05) is 12.1 Å². The van der Waals surface area contributed by atoms with Crippen molar-refractivity contribution in [3.63, 3.8) is 0 Å². The summed E-state index contributed by atoms with van der Waals surface area (Å²) in [6.07, 6.45) is 2.70. The molecule has 0 spiro atoms. The fourth-order valence-corrected chi connectivity index (χ4v) is 1.73. The number of rotatable bonds is 7. The standard InChI is InChI=1S/C16H15N3O6/c20-14(21)10-25-13-6-2-1-4-11(13)8-18-19-16(23)15(22)17-9-12-5-3-7-24-12/h1-8H,9-10H2,(H,17,22)(H,19,23)(H,20,21)/b18-8-.